The van der Waals surface area contributed by atoms with Crippen LogP contribution in [-0.4, -0.2) is 18.0 Å². The van der Waals surface area contributed by atoms with Gasteiger partial charge < -0.3 is 0 Å². The number of nitriles is 1. The van der Waals surface area contributed by atoms with Crippen LogP contribution in [0.4, 0.5) is 0 Å². The van der Waals surface area contributed by atoms with Gasteiger partial charge in [0.15, 0.2) is 0 Å². The van der Waals surface area contributed by atoms with E-state index in [0.717, 1.165) is 32.5 Å². The summed E-state index contributed by atoms with van der Waals surface area (Å²) in [6.45, 7) is 3.26. The minimum Gasteiger partial charge on any atom is -0.298 e. The first-order chi connectivity index (χ1) is 8.88. The Morgan fingerprint density at radius 1 is 1.33 bits per heavy atom. The molecule has 2 heterocycles. The lowest BCUT2D eigenvalue weighted by molar-refractivity contribution is 0.256. The zero-order valence-electron chi connectivity index (χ0n) is 10.4. The molecule has 1 aliphatic heterocycles. The molecule has 0 saturated heterocycles. The molecular formula is C15H16N2S. The minimum absolute atomic E-state index is 0.676. The Morgan fingerprint density at radius 2 is 2.22 bits per heavy atom. The van der Waals surface area contributed by atoms with Gasteiger partial charge >= 0.3 is 0 Å². The van der Waals surface area contributed by atoms with Crippen LogP contribution in [0.2, 0.25) is 0 Å². The van der Waals surface area contributed by atoms with Gasteiger partial charge in [-0.1, -0.05) is 18.2 Å². The van der Waals surface area contributed by atoms with Gasteiger partial charge in [0, 0.05) is 29.1 Å². The fourth-order valence-corrected chi connectivity index (χ4v) is 3.97. The van der Waals surface area contributed by atoms with Crippen LogP contribution in [0.1, 0.15) is 23.3 Å². The Kier molecular flexibility index (Phi) is 3.31. The lowest BCUT2D eigenvalue weighted by atomic mass is 10.0. The van der Waals surface area contributed by atoms with E-state index in [1.165, 1.54) is 15.0 Å². The van der Waals surface area contributed by atoms with Gasteiger partial charge in [0.25, 0.3) is 0 Å². The molecule has 0 aliphatic carbocycles. The van der Waals surface area contributed by atoms with E-state index in [2.05, 4.69) is 35.2 Å². The maximum Gasteiger partial charge on any atom is 0.0622 e. The van der Waals surface area contributed by atoms with Crippen LogP contribution in [-0.2, 0) is 13.0 Å². The first-order valence-electron chi connectivity index (χ1n) is 6.47. The van der Waals surface area contributed by atoms with Crippen molar-refractivity contribution in [3.63, 3.8) is 0 Å². The second-order valence-electron chi connectivity index (χ2n) is 4.79. The number of fused-ring (bicyclic) bond motifs is 3. The molecule has 1 aliphatic rings. The van der Waals surface area contributed by atoms with Crippen molar-refractivity contribution in [2.24, 2.45) is 0 Å². The predicted octanol–water partition coefficient (Wildman–Crippen LogP) is 3.56. The van der Waals surface area contributed by atoms with Crippen LogP contribution in [0.15, 0.2) is 24.3 Å². The second kappa shape index (κ2) is 5.09. The average Bonchev–Trinajstić information content (AvgIpc) is 2.76. The topological polar surface area (TPSA) is 27.0 Å². The fraction of sp³-hybridized carbons (Fsp3) is 0.400. The van der Waals surface area contributed by atoms with E-state index in [1.807, 2.05) is 11.3 Å². The smallest absolute Gasteiger partial charge is 0.0622 e. The van der Waals surface area contributed by atoms with Crippen LogP contribution in [0.3, 0.4) is 0 Å². The lowest BCUT2D eigenvalue weighted by Gasteiger charge is -2.26. The Morgan fingerprint density at radius 3 is 3.11 bits per heavy atom. The number of nitrogens with zero attached hydrogens (tertiary/aromatic N) is 2. The van der Waals surface area contributed by atoms with Crippen molar-refractivity contribution in [2.45, 2.75) is 25.8 Å². The standard InChI is InChI=1S/C15H16N2S/c16-8-3-4-9-17-10-7-13-12-5-1-2-6-14(12)18-15(13)11-17/h1-2,5-6H,3-4,7,9-11H2. The van der Waals surface area contributed by atoms with E-state index in [-0.39, 0.29) is 0 Å². The number of rotatable bonds is 3. The van der Waals surface area contributed by atoms with Gasteiger partial charge in [-0.2, -0.15) is 5.26 Å². The van der Waals surface area contributed by atoms with Gasteiger partial charge in [-0.3, -0.25) is 4.90 Å². The van der Waals surface area contributed by atoms with Crippen molar-refractivity contribution in [1.82, 2.24) is 4.90 Å². The summed E-state index contributed by atoms with van der Waals surface area (Å²) >= 11 is 1.94. The quantitative estimate of drug-likeness (QED) is 0.785. The van der Waals surface area contributed by atoms with Crippen molar-refractivity contribution in [3.8, 4) is 6.07 Å². The van der Waals surface area contributed by atoms with E-state index < -0.39 is 0 Å². The number of unbranched alkanes of at least 4 members (excludes halogenated alkanes) is 1. The van der Waals surface area contributed by atoms with Gasteiger partial charge in [-0.15, -0.1) is 11.3 Å². The molecule has 0 radical (unpaired) electrons. The monoisotopic (exact) mass is 256 g/mol. The normalized spacial score (nSPS) is 15.5. The summed E-state index contributed by atoms with van der Waals surface area (Å²) in [5, 5.41) is 10.0. The molecule has 1 aromatic carbocycles. The van der Waals surface area contributed by atoms with E-state index in [0.29, 0.717) is 6.42 Å². The molecule has 0 amide bonds. The van der Waals surface area contributed by atoms with Crippen LogP contribution in [0, 0.1) is 11.3 Å². The fourth-order valence-electron chi connectivity index (χ4n) is 2.68. The summed E-state index contributed by atoms with van der Waals surface area (Å²) in [5.74, 6) is 0. The highest BCUT2D eigenvalue weighted by Crippen LogP contribution is 2.34. The molecule has 2 aromatic rings. The first kappa shape index (κ1) is 11.7. The van der Waals surface area contributed by atoms with Gasteiger partial charge in [-0.05, 0) is 36.4 Å². The number of hydrogen-bond donors (Lipinski definition) is 0. The molecular weight excluding hydrogens is 240 g/mol. The van der Waals surface area contributed by atoms with Crippen LogP contribution in [0.25, 0.3) is 10.1 Å². The Bertz CT molecular complexity index is 594. The van der Waals surface area contributed by atoms with Crippen molar-refractivity contribution in [2.75, 3.05) is 13.1 Å². The van der Waals surface area contributed by atoms with E-state index in [1.54, 1.807) is 5.56 Å². The summed E-state index contributed by atoms with van der Waals surface area (Å²) in [5.41, 5.74) is 1.56. The molecule has 0 N–H and O–H groups in total. The molecule has 1 aromatic heterocycles. The molecule has 3 heteroatoms. The summed E-state index contributed by atoms with van der Waals surface area (Å²) in [6.07, 6.45) is 2.83. The van der Waals surface area contributed by atoms with Crippen molar-refractivity contribution >= 4 is 21.4 Å². The maximum atomic E-state index is 8.58. The molecule has 18 heavy (non-hydrogen) atoms. The predicted molar refractivity (Wildman–Crippen MR) is 75.7 cm³/mol. The van der Waals surface area contributed by atoms with Gasteiger partial charge in [0.1, 0.15) is 0 Å². The number of hydrogen-bond acceptors (Lipinski definition) is 3. The summed E-state index contributed by atoms with van der Waals surface area (Å²) < 4.78 is 1.42. The molecule has 0 fully saturated rings. The van der Waals surface area contributed by atoms with Gasteiger partial charge in [-0.25, -0.2) is 0 Å². The van der Waals surface area contributed by atoms with Gasteiger partial charge in [0.2, 0.25) is 0 Å². The van der Waals surface area contributed by atoms with Crippen molar-refractivity contribution in [1.29, 1.82) is 5.26 Å². The molecule has 0 bridgehead atoms. The maximum absolute atomic E-state index is 8.58. The SMILES string of the molecule is N#CCCCN1CCc2c(sc3ccccc23)C1. The molecule has 0 unspecified atom stereocenters. The highest BCUT2D eigenvalue weighted by Gasteiger charge is 2.20. The zero-order valence-corrected chi connectivity index (χ0v) is 11.2. The minimum atomic E-state index is 0.676. The molecule has 0 spiro atoms. The molecule has 2 nitrogen and oxygen atoms in total. The number of thiophene rings is 1. The zero-order chi connectivity index (χ0) is 12.4. The summed E-state index contributed by atoms with van der Waals surface area (Å²) in [4.78, 5) is 4.01. The average molecular weight is 256 g/mol. The largest absolute Gasteiger partial charge is 0.298 e. The van der Waals surface area contributed by atoms with Crippen molar-refractivity contribution < 1.29 is 0 Å². The summed E-state index contributed by atoms with van der Waals surface area (Å²) in [6, 6.07) is 10.9. The molecule has 92 valence electrons. The third-order valence-electron chi connectivity index (χ3n) is 3.59. The van der Waals surface area contributed by atoms with Crippen LogP contribution in [0.5, 0.6) is 0 Å². The van der Waals surface area contributed by atoms with E-state index in [9.17, 15) is 0 Å². The Hall–Kier alpha value is -1.37. The van der Waals surface area contributed by atoms with E-state index >= 15 is 0 Å². The lowest BCUT2D eigenvalue weighted by Crippen LogP contribution is -2.30. The third kappa shape index (κ3) is 2.14. The molecule has 3 rings (SSSR count). The molecule has 0 saturated carbocycles. The van der Waals surface area contributed by atoms with Crippen LogP contribution >= 0.6 is 11.3 Å². The van der Waals surface area contributed by atoms with Crippen LogP contribution < -0.4 is 0 Å². The van der Waals surface area contributed by atoms with E-state index in [4.69, 9.17) is 5.26 Å². The third-order valence-corrected chi connectivity index (χ3v) is 4.79. The number of benzene rings is 1. The van der Waals surface area contributed by atoms with Crippen molar-refractivity contribution in [3.05, 3.63) is 34.7 Å². The summed E-state index contributed by atoms with van der Waals surface area (Å²) in [7, 11) is 0. The highest BCUT2D eigenvalue weighted by atomic mass is 32.1. The molecule has 0 atom stereocenters. The second-order valence-corrected chi connectivity index (χ2v) is 5.92. The highest BCUT2D eigenvalue weighted by molar-refractivity contribution is 7.19. The Balaban J connectivity index is 1.79. The first-order valence-corrected chi connectivity index (χ1v) is 7.29. The van der Waals surface area contributed by atoms with Gasteiger partial charge in [0.05, 0.1) is 6.07 Å². The Labute approximate surface area is 111 Å².